The minimum absolute atomic E-state index is 0.424. The van der Waals surface area contributed by atoms with Gasteiger partial charge in [-0.25, -0.2) is 0 Å². The fourth-order valence-corrected chi connectivity index (χ4v) is 16.4. The summed E-state index contributed by atoms with van der Waals surface area (Å²) in [6, 6.07) is 34.4. The predicted octanol–water partition coefficient (Wildman–Crippen LogP) is 6.56. The van der Waals surface area contributed by atoms with E-state index in [-0.39, 0.29) is 0 Å². The highest BCUT2D eigenvalue weighted by molar-refractivity contribution is 6.65. The quantitative estimate of drug-likeness (QED) is 0.260. The van der Waals surface area contributed by atoms with Crippen molar-refractivity contribution in [3.63, 3.8) is 0 Å². The van der Waals surface area contributed by atoms with Crippen molar-refractivity contribution in [2.75, 3.05) is 29.4 Å². The number of benzene rings is 2. The van der Waals surface area contributed by atoms with Crippen LogP contribution in [0.5, 0.6) is 0 Å². The van der Waals surface area contributed by atoms with E-state index in [4.69, 9.17) is 4.98 Å². The van der Waals surface area contributed by atoms with Gasteiger partial charge in [0.1, 0.15) is 11.6 Å². The van der Waals surface area contributed by atoms with Crippen molar-refractivity contribution in [2.45, 2.75) is 142 Å². The van der Waals surface area contributed by atoms with Crippen molar-refractivity contribution in [1.82, 2.24) is 30.7 Å². The molecule has 0 bridgehead atoms. The maximum absolute atomic E-state index is 5.19. The van der Waals surface area contributed by atoms with Gasteiger partial charge in [-0.15, -0.1) is 0 Å². The summed E-state index contributed by atoms with van der Waals surface area (Å²) in [5, 5.41) is 12.6. The largest absolute Gasteiger partial charge is 0.352 e. The molecule has 14 atom stereocenters. The molecule has 7 fully saturated rings. The van der Waals surface area contributed by atoms with Gasteiger partial charge in [-0.3, -0.25) is 4.98 Å². The van der Waals surface area contributed by atoms with Crippen molar-refractivity contribution in [3.8, 4) is 0 Å². The average molecular weight is 757 g/mol. The molecule has 2 aromatic carbocycles. The summed E-state index contributed by atoms with van der Waals surface area (Å²) in [5.41, 5.74) is 7.64. The van der Waals surface area contributed by atoms with E-state index in [1.807, 2.05) is 5.57 Å². The Bertz CT molecular complexity index is 2000. The monoisotopic (exact) mass is 756 g/mol. The molecule has 14 rings (SSSR count). The molecule has 2 saturated carbocycles. The first-order valence-corrected chi connectivity index (χ1v) is 23.2. The summed E-state index contributed by atoms with van der Waals surface area (Å²) >= 11 is 0. The second kappa shape index (κ2) is 12.4. The first-order valence-electron chi connectivity index (χ1n) is 23.2. The van der Waals surface area contributed by atoms with Crippen LogP contribution in [0.25, 0.3) is 0 Å². The molecule has 1 aromatic heterocycles. The van der Waals surface area contributed by atoms with Crippen molar-refractivity contribution in [2.24, 2.45) is 5.92 Å². The molecule has 2 aliphatic carbocycles. The van der Waals surface area contributed by atoms with Crippen LogP contribution < -0.4 is 25.8 Å². The van der Waals surface area contributed by atoms with E-state index in [2.05, 4.69) is 121 Å². The molecular formula is C48H57BN8. The van der Waals surface area contributed by atoms with Crippen LogP contribution in [0.1, 0.15) is 75.8 Å². The number of hydrogen-bond donors (Lipinski definition) is 3. The number of piperidine rings is 3. The molecule has 9 heteroatoms. The summed E-state index contributed by atoms with van der Waals surface area (Å²) < 4.78 is 0. The highest BCUT2D eigenvalue weighted by atomic mass is 15.5. The van der Waals surface area contributed by atoms with Crippen molar-refractivity contribution in [3.05, 3.63) is 114 Å². The van der Waals surface area contributed by atoms with E-state index in [0.29, 0.717) is 72.0 Å². The van der Waals surface area contributed by atoms with Gasteiger partial charge in [0.15, 0.2) is 6.71 Å². The normalized spacial score (nSPS) is 42.0. The third-order valence-corrected chi connectivity index (χ3v) is 17.8. The Kier molecular flexibility index (Phi) is 7.18. The van der Waals surface area contributed by atoms with E-state index >= 15 is 0 Å². The molecule has 10 heterocycles. The van der Waals surface area contributed by atoms with Crippen molar-refractivity contribution in [1.29, 1.82) is 0 Å². The standard InChI is InChI=1S/C48H57BN8/c1-3-12-29(13-4-1)54-35-19-10-23-51-42(35)39-31-16-9-17-32-45(31)56(47(39)54)37-26-28(34-18-7-8-22-50-34)27-38-41(37)49(32)33-21-25-53-44-40-43-36(20-11-24-52-43)55(30-14-5-2-6-15-30)48(40)57(38)46(33)44/h1-8,12-15,18,22,28,31-33,35-38,41-46,51-53H,9-11,16-17,19-21,23-27H2. The zero-order valence-corrected chi connectivity index (χ0v) is 33.2. The molecule has 0 radical (unpaired) electrons. The molecule has 292 valence electrons. The highest BCUT2D eigenvalue weighted by Gasteiger charge is 2.72. The molecule has 11 aliphatic rings. The van der Waals surface area contributed by atoms with Gasteiger partial charge in [-0.1, -0.05) is 55.3 Å². The smallest absolute Gasteiger partial charge is 0.159 e. The number of anilines is 2. The maximum Gasteiger partial charge on any atom is 0.159 e. The maximum atomic E-state index is 5.19. The third-order valence-electron chi connectivity index (χ3n) is 17.8. The summed E-state index contributed by atoms with van der Waals surface area (Å²) in [4.78, 5) is 17.3. The van der Waals surface area contributed by atoms with E-state index in [0.717, 1.165) is 38.0 Å². The molecule has 57 heavy (non-hydrogen) atoms. The number of para-hydroxylation sites is 2. The number of aromatic nitrogens is 1. The lowest BCUT2D eigenvalue weighted by Gasteiger charge is -2.68. The summed E-state index contributed by atoms with van der Waals surface area (Å²) in [6.45, 7) is 4.22. The van der Waals surface area contributed by atoms with Gasteiger partial charge in [0.25, 0.3) is 0 Å². The van der Waals surface area contributed by atoms with Gasteiger partial charge >= 0.3 is 0 Å². The van der Waals surface area contributed by atoms with E-state index in [1.165, 1.54) is 81.3 Å². The average Bonchev–Trinajstić information content (AvgIpc) is 4.00. The number of nitrogens with one attached hydrogen (secondary N) is 3. The Labute approximate surface area is 338 Å². The van der Waals surface area contributed by atoms with E-state index < -0.39 is 0 Å². The van der Waals surface area contributed by atoms with Crippen LogP contribution in [-0.2, 0) is 0 Å². The number of pyridine rings is 1. The molecule has 8 nitrogen and oxygen atoms in total. The van der Waals surface area contributed by atoms with Crippen LogP contribution in [0.15, 0.2) is 108 Å². The predicted molar refractivity (Wildman–Crippen MR) is 227 cm³/mol. The fourth-order valence-electron chi connectivity index (χ4n) is 16.4. The molecule has 3 N–H and O–H groups in total. The van der Waals surface area contributed by atoms with Gasteiger partial charge in [0.05, 0.1) is 30.2 Å². The van der Waals surface area contributed by atoms with E-state index in [1.54, 1.807) is 17.2 Å². The first kappa shape index (κ1) is 33.1. The van der Waals surface area contributed by atoms with Gasteiger partial charge in [0, 0.05) is 64.8 Å². The lowest BCUT2D eigenvalue weighted by molar-refractivity contribution is 0.0136. The lowest BCUT2D eigenvalue weighted by Crippen LogP contribution is -2.74. The van der Waals surface area contributed by atoms with Gasteiger partial charge in [-0.2, -0.15) is 0 Å². The Morgan fingerprint density at radius 1 is 0.544 bits per heavy atom. The van der Waals surface area contributed by atoms with Gasteiger partial charge in [-0.05, 0) is 130 Å². The van der Waals surface area contributed by atoms with Gasteiger partial charge in [0.2, 0.25) is 0 Å². The van der Waals surface area contributed by atoms with Crippen LogP contribution >= 0.6 is 0 Å². The van der Waals surface area contributed by atoms with Crippen LogP contribution in [0.3, 0.4) is 0 Å². The van der Waals surface area contributed by atoms with Crippen LogP contribution in [0.4, 0.5) is 11.4 Å². The molecule has 3 aromatic rings. The molecule has 14 unspecified atom stereocenters. The second-order valence-electron chi connectivity index (χ2n) is 19.8. The van der Waals surface area contributed by atoms with Crippen molar-refractivity contribution >= 4 is 18.1 Å². The van der Waals surface area contributed by atoms with Crippen LogP contribution in [0.2, 0.25) is 17.5 Å². The number of rotatable bonds is 3. The molecule has 9 aliphatic heterocycles. The molecular weight excluding hydrogens is 699 g/mol. The van der Waals surface area contributed by atoms with E-state index in [9.17, 15) is 0 Å². The van der Waals surface area contributed by atoms with Crippen molar-refractivity contribution < 1.29 is 0 Å². The zero-order valence-electron chi connectivity index (χ0n) is 33.2. The summed E-state index contributed by atoms with van der Waals surface area (Å²) in [5.74, 6) is 6.48. The molecule has 5 saturated heterocycles. The fraction of sp³-hybridized carbons (Fsp3) is 0.562. The Balaban J connectivity index is 0.975. The Morgan fingerprint density at radius 3 is 1.84 bits per heavy atom. The number of fused-ring (bicyclic) bond motifs is 12. The second-order valence-corrected chi connectivity index (χ2v) is 19.8. The third kappa shape index (κ3) is 4.34. The first-order chi connectivity index (χ1) is 28.3. The number of nitrogens with zero attached hydrogens (tertiary/aromatic N) is 5. The minimum Gasteiger partial charge on any atom is -0.352 e. The topological polar surface area (TPSA) is 61.9 Å². The number of hydrogen-bond acceptors (Lipinski definition) is 8. The summed E-state index contributed by atoms with van der Waals surface area (Å²) in [6.07, 6.45) is 15.0. The SMILES string of the molecule is c1ccc(N2C3=C(C4CCCC5B6C7CCNC8C9=C(N(c%10ccccc%10)C%10CCCNC9%10)N(C9CC(c%10ccccn%10)CC(C69)N3C54)C78)C3NCCCC32)cc1. The summed E-state index contributed by atoms with van der Waals surface area (Å²) in [7, 11) is 0. The molecule has 0 amide bonds. The zero-order chi connectivity index (χ0) is 36.9. The lowest BCUT2D eigenvalue weighted by atomic mass is 9.18. The minimum atomic E-state index is 0.424. The Hall–Kier alpha value is -3.79. The van der Waals surface area contributed by atoms with Gasteiger partial charge < -0.3 is 35.6 Å². The highest BCUT2D eigenvalue weighted by Crippen LogP contribution is 2.69. The van der Waals surface area contributed by atoms with Crippen LogP contribution in [-0.4, -0.2) is 95.5 Å². The van der Waals surface area contributed by atoms with Crippen LogP contribution in [0, 0.1) is 5.92 Å². The Morgan fingerprint density at radius 2 is 1.16 bits per heavy atom. The molecule has 0 spiro atoms.